The Bertz CT molecular complexity index is 745. The minimum Gasteiger partial charge on any atom is -0.451 e. The van der Waals surface area contributed by atoms with E-state index in [-0.39, 0.29) is 15.9 Å². The van der Waals surface area contributed by atoms with Crippen LogP contribution in [0.4, 0.5) is 5.00 Å². The van der Waals surface area contributed by atoms with Crippen LogP contribution in [0.25, 0.3) is 0 Å². The third-order valence-electron chi connectivity index (χ3n) is 3.42. The first-order valence-corrected chi connectivity index (χ1v) is 8.52. The Morgan fingerprint density at radius 3 is 2.60 bits per heavy atom. The van der Waals surface area contributed by atoms with Gasteiger partial charge in [0.15, 0.2) is 6.61 Å². The van der Waals surface area contributed by atoms with E-state index in [1.165, 1.54) is 17.7 Å². The molecule has 0 aliphatic heterocycles. The number of nitrogens with one attached hydrogen (secondary N) is 1. The average Bonchev–Trinajstić information content (AvgIpc) is 3.09. The molecule has 132 valence electrons. The van der Waals surface area contributed by atoms with Crippen molar-refractivity contribution in [2.75, 3.05) is 6.61 Å². The molecule has 1 aromatic heterocycles. The van der Waals surface area contributed by atoms with E-state index in [1.54, 1.807) is 0 Å². The van der Waals surface area contributed by atoms with Gasteiger partial charge in [-0.15, -0.1) is 0 Å². The maximum atomic E-state index is 11.8. The fourth-order valence-electron chi connectivity index (χ4n) is 2.15. The number of carbonyl (C=O) groups is 2. The summed E-state index contributed by atoms with van der Waals surface area (Å²) in [6.45, 7) is 1.46. The summed E-state index contributed by atoms with van der Waals surface area (Å²) in [6, 6.07) is 12.4. The molecule has 0 aliphatic carbocycles. The highest BCUT2D eigenvalue weighted by Crippen LogP contribution is 2.24. The number of benzene rings is 1. The van der Waals surface area contributed by atoms with Crippen LogP contribution >= 0.6 is 11.3 Å². The molecule has 0 aliphatic rings. The Morgan fingerprint density at radius 2 is 1.96 bits per heavy atom. The lowest BCUT2D eigenvalue weighted by Gasteiger charge is -2.13. The van der Waals surface area contributed by atoms with Crippen molar-refractivity contribution >= 4 is 28.2 Å². The van der Waals surface area contributed by atoms with Crippen molar-refractivity contribution in [3.63, 3.8) is 0 Å². The number of nitrogens with zero attached hydrogens (tertiary/aromatic N) is 1. The van der Waals surface area contributed by atoms with Crippen LogP contribution in [0.3, 0.4) is 0 Å². The number of nitro groups is 1. The first-order valence-electron chi connectivity index (χ1n) is 7.70. The second-order valence-electron chi connectivity index (χ2n) is 5.46. The van der Waals surface area contributed by atoms with E-state index in [4.69, 9.17) is 4.74 Å². The predicted octanol–water partition coefficient (Wildman–Crippen LogP) is 2.95. The Kier molecular flexibility index (Phi) is 6.64. The van der Waals surface area contributed by atoms with Crippen LogP contribution in [0.2, 0.25) is 0 Å². The quantitative estimate of drug-likeness (QED) is 0.442. The van der Waals surface area contributed by atoms with E-state index in [0.717, 1.165) is 12.8 Å². The Morgan fingerprint density at radius 1 is 1.24 bits per heavy atom. The third-order valence-corrected chi connectivity index (χ3v) is 4.44. The zero-order chi connectivity index (χ0) is 18.2. The van der Waals surface area contributed by atoms with E-state index < -0.39 is 23.4 Å². The van der Waals surface area contributed by atoms with Crippen LogP contribution < -0.4 is 5.32 Å². The summed E-state index contributed by atoms with van der Waals surface area (Å²) in [5.74, 6) is -1.15. The summed E-state index contributed by atoms with van der Waals surface area (Å²) >= 11 is 0.715. The summed E-state index contributed by atoms with van der Waals surface area (Å²) in [4.78, 5) is 33.7. The lowest BCUT2D eigenvalue weighted by Crippen LogP contribution is -2.36. The van der Waals surface area contributed by atoms with Crippen molar-refractivity contribution < 1.29 is 19.2 Å². The third kappa shape index (κ3) is 6.00. The molecule has 1 N–H and O–H groups in total. The molecule has 8 heteroatoms. The molecule has 0 bridgehead atoms. The molecule has 1 atom stereocenters. The first-order chi connectivity index (χ1) is 12.0. The highest BCUT2D eigenvalue weighted by atomic mass is 32.1. The van der Waals surface area contributed by atoms with Gasteiger partial charge in [0.1, 0.15) is 4.88 Å². The summed E-state index contributed by atoms with van der Waals surface area (Å²) < 4.78 is 4.88. The first kappa shape index (κ1) is 18.6. The van der Waals surface area contributed by atoms with Crippen LogP contribution in [0.5, 0.6) is 0 Å². The molecular formula is C17H18N2O5S. The minimum atomic E-state index is -0.745. The van der Waals surface area contributed by atoms with Crippen molar-refractivity contribution in [1.29, 1.82) is 0 Å². The number of amides is 1. The number of rotatable bonds is 8. The van der Waals surface area contributed by atoms with E-state index in [9.17, 15) is 19.7 Å². The highest BCUT2D eigenvalue weighted by Gasteiger charge is 2.17. The van der Waals surface area contributed by atoms with E-state index in [0.29, 0.717) is 11.3 Å². The molecular weight excluding hydrogens is 344 g/mol. The number of aryl methyl sites for hydroxylation is 1. The molecule has 1 amide bonds. The van der Waals surface area contributed by atoms with Gasteiger partial charge in [-0.25, -0.2) is 4.79 Å². The molecule has 7 nitrogen and oxygen atoms in total. The van der Waals surface area contributed by atoms with Gasteiger partial charge in [-0.1, -0.05) is 41.7 Å². The zero-order valence-corrected chi connectivity index (χ0v) is 14.5. The largest absolute Gasteiger partial charge is 0.451 e. The number of ether oxygens (including phenoxy) is 1. The van der Waals surface area contributed by atoms with Crippen LogP contribution in [0.15, 0.2) is 42.5 Å². The van der Waals surface area contributed by atoms with Gasteiger partial charge in [-0.05, 0) is 31.4 Å². The van der Waals surface area contributed by atoms with Crippen molar-refractivity contribution in [1.82, 2.24) is 5.32 Å². The lowest BCUT2D eigenvalue weighted by atomic mass is 10.1. The monoisotopic (exact) mass is 362 g/mol. The van der Waals surface area contributed by atoms with Gasteiger partial charge in [0.2, 0.25) is 0 Å². The summed E-state index contributed by atoms with van der Waals surface area (Å²) in [5, 5.41) is 13.2. The number of hydrogen-bond donors (Lipinski definition) is 1. The highest BCUT2D eigenvalue weighted by molar-refractivity contribution is 7.17. The minimum absolute atomic E-state index is 0.0609. The van der Waals surface area contributed by atoms with Crippen LogP contribution in [0.1, 0.15) is 28.6 Å². The summed E-state index contributed by atoms with van der Waals surface area (Å²) in [6.07, 6.45) is 1.60. The SMILES string of the molecule is C[C@@H](CCc1ccccc1)NC(=O)COC(=O)c1ccc([N+](=O)[O-])s1. The van der Waals surface area contributed by atoms with Gasteiger partial charge in [-0.2, -0.15) is 0 Å². The van der Waals surface area contributed by atoms with Crippen LogP contribution in [-0.4, -0.2) is 29.4 Å². The molecule has 0 radical (unpaired) electrons. The van der Waals surface area contributed by atoms with Crippen molar-refractivity contribution in [2.45, 2.75) is 25.8 Å². The van der Waals surface area contributed by atoms with Gasteiger partial charge in [0.25, 0.3) is 5.91 Å². The molecule has 0 saturated heterocycles. The Labute approximate surface area is 148 Å². The van der Waals surface area contributed by atoms with Crippen molar-refractivity contribution in [3.8, 4) is 0 Å². The second kappa shape index (κ2) is 8.93. The number of esters is 1. The zero-order valence-electron chi connectivity index (χ0n) is 13.6. The molecule has 2 aromatic rings. The van der Waals surface area contributed by atoms with Crippen molar-refractivity contribution in [3.05, 3.63) is 63.0 Å². The van der Waals surface area contributed by atoms with E-state index >= 15 is 0 Å². The Hall–Kier alpha value is -2.74. The fraction of sp³-hybridized carbons (Fsp3) is 0.294. The van der Waals surface area contributed by atoms with Crippen LogP contribution in [0, 0.1) is 10.1 Å². The van der Waals surface area contributed by atoms with E-state index in [1.807, 2.05) is 37.3 Å². The second-order valence-corrected chi connectivity index (χ2v) is 6.53. The molecule has 0 unspecified atom stereocenters. The smallest absolute Gasteiger partial charge is 0.349 e. The van der Waals surface area contributed by atoms with Gasteiger partial charge in [-0.3, -0.25) is 14.9 Å². The molecule has 25 heavy (non-hydrogen) atoms. The molecule has 1 heterocycles. The lowest BCUT2D eigenvalue weighted by molar-refractivity contribution is -0.380. The van der Waals surface area contributed by atoms with Crippen molar-refractivity contribution in [2.24, 2.45) is 0 Å². The molecule has 0 fully saturated rings. The number of carbonyl (C=O) groups excluding carboxylic acids is 2. The maximum absolute atomic E-state index is 11.8. The molecule has 0 saturated carbocycles. The fourth-order valence-corrected chi connectivity index (χ4v) is 2.87. The number of thiophene rings is 1. The molecule has 1 aromatic carbocycles. The standard InChI is InChI=1S/C17H18N2O5S/c1-12(7-8-13-5-3-2-4-6-13)18-15(20)11-24-17(21)14-9-10-16(25-14)19(22)23/h2-6,9-10,12H,7-8,11H2,1H3,(H,18,20)/t12-/m0/s1. The number of hydrogen-bond acceptors (Lipinski definition) is 6. The Balaban J connectivity index is 1.72. The van der Waals surface area contributed by atoms with Crippen LogP contribution in [-0.2, 0) is 16.0 Å². The molecule has 0 spiro atoms. The van der Waals surface area contributed by atoms with Gasteiger partial charge < -0.3 is 10.1 Å². The molecule has 2 rings (SSSR count). The van der Waals surface area contributed by atoms with Gasteiger partial charge in [0.05, 0.1) is 4.92 Å². The summed E-state index contributed by atoms with van der Waals surface area (Å²) in [5.41, 5.74) is 1.19. The topological polar surface area (TPSA) is 98.5 Å². The predicted molar refractivity (Wildman–Crippen MR) is 93.6 cm³/mol. The maximum Gasteiger partial charge on any atom is 0.349 e. The van der Waals surface area contributed by atoms with E-state index in [2.05, 4.69) is 5.32 Å². The van der Waals surface area contributed by atoms with Gasteiger partial charge in [0, 0.05) is 12.1 Å². The average molecular weight is 362 g/mol. The summed E-state index contributed by atoms with van der Waals surface area (Å²) in [7, 11) is 0. The normalized spacial score (nSPS) is 11.6. The van der Waals surface area contributed by atoms with Gasteiger partial charge >= 0.3 is 11.0 Å².